The van der Waals surface area contributed by atoms with E-state index in [4.69, 9.17) is 0 Å². The van der Waals surface area contributed by atoms with E-state index >= 15 is 0 Å². The van der Waals surface area contributed by atoms with Crippen LogP contribution in [0.4, 0.5) is 8.78 Å². The van der Waals surface area contributed by atoms with Gasteiger partial charge < -0.3 is 4.57 Å². The van der Waals surface area contributed by atoms with Crippen LogP contribution in [0.1, 0.15) is 40.3 Å². The van der Waals surface area contributed by atoms with Crippen LogP contribution in [0, 0.1) is 32.4 Å². The number of benzene rings is 3. The first-order valence-electron chi connectivity index (χ1n) is 12.5. The van der Waals surface area contributed by atoms with Gasteiger partial charge in [0, 0.05) is 36.4 Å². The third-order valence-corrected chi connectivity index (χ3v) is 6.90. The van der Waals surface area contributed by atoms with E-state index in [2.05, 4.69) is 15.0 Å². The van der Waals surface area contributed by atoms with Crippen molar-refractivity contribution in [2.75, 3.05) is 0 Å². The van der Waals surface area contributed by atoms with E-state index in [0.29, 0.717) is 17.0 Å². The number of carbonyl (C=O) groups excluding carboxylic acids is 1. The first-order valence-corrected chi connectivity index (χ1v) is 12.5. The van der Waals surface area contributed by atoms with Gasteiger partial charge >= 0.3 is 0 Å². The average Bonchev–Trinajstić information content (AvgIpc) is 3.24. The molecule has 7 heteroatoms. The van der Waals surface area contributed by atoms with Gasteiger partial charge in [-0.2, -0.15) is 0 Å². The summed E-state index contributed by atoms with van der Waals surface area (Å²) in [4.78, 5) is 27.1. The van der Waals surface area contributed by atoms with E-state index < -0.39 is 17.6 Å². The quantitative estimate of drug-likeness (QED) is 0.234. The Labute approximate surface area is 220 Å². The number of hydrogen-bond acceptors (Lipinski definition) is 4. The van der Waals surface area contributed by atoms with Crippen LogP contribution in [0.3, 0.4) is 0 Å². The molecule has 0 spiro atoms. The van der Waals surface area contributed by atoms with Crippen molar-refractivity contribution >= 4 is 16.8 Å². The first kappa shape index (κ1) is 25.4. The molecule has 5 rings (SSSR count). The molecule has 2 heterocycles. The standard InChI is InChI=1S/C31H28F2N4O/c1-19-4-6-23(7-5-19)30-31(35-9-8-34-30)24(12-22-13-25(32)16-26(33)14-22)15-27(38)17-37-18-36-28-10-20(2)21(3)11-29(28)37/h4-11,13-14,16,18,24H,12,15,17H2,1-3H3. The molecule has 0 saturated carbocycles. The number of carbonyl (C=O) groups is 1. The second-order valence-corrected chi connectivity index (χ2v) is 9.88. The molecule has 0 aliphatic carbocycles. The summed E-state index contributed by atoms with van der Waals surface area (Å²) < 4.78 is 29.9. The molecular formula is C31H28F2N4O. The van der Waals surface area contributed by atoms with Crippen molar-refractivity contribution in [1.29, 1.82) is 0 Å². The van der Waals surface area contributed by atoms with Gasteiger partial charge in [0.2, 0.25) is 0 Å². The predicted octanol–water partition coefficient (Wildman–Crippen LogP) is 6.68. The summed E-state index contributed by atoms with van der Waals surface area (Å²) in [5.41, 5.74) is 7.71. The summed E-state index contributed by atoms with van der Waals surface area (Å²) >= 11 is 0. The summed E-state index contributed by atoms with van der Waals surface area (Å²) in [6, 6.07) is 15.4. The number of ketones is 1. The van der Waals surface area contributed by atoms with Crippen LogP contribution in [0.5, 0.6) is 0 Å². The minimum atomic E-state index is -0.654. The molecule has 0 N–H and O–H groups in total. The van der Waals surface area contributed by atoms with Crippen LogP contribution in [0.2, 0.25) is 0 Å². The summed E-state index contributed by atoms with van der Waals surface area (Å²) in [6.07, 6.45) is 5.24. The number of hydrogen-bond donors (Lipinski definition) is 0. The molecule has 0 aliphatic heterocycles. The number of halogens is 2. The van der Waals surface area contributed by atoms with Gasteiger partial charge in [-0.3, -0.25) is 14.8 Å². The minimum absolute atomic E-state index is 0.0371. The lowest BCUT2D eigenvalue weighted by Crippen LogP contribution is -2.17. The van der Waals surface area contributed by atoms with Crippen molar-refractivity contribution in [2.24, 2.45) is 0 Å². The van der Waals surface area contributed by atoms with E-state index in [-0.39, 0.29) is 25.2 Å². The molecule has 38 heavy (non-hydrogen) atoms. The number of nitrogens with zero attached hydrogens (tertiary/aromatic N) is 4. The van der Waals surface area contributed by atoms with Gasteiger partial charge in [0.15, 0.2) is 5.78 Å². The van der Waals surface area contributed by atoms with Crippen LogP contribution in [-0.2, 0) is 17.8 Å². The minimum Gasteiger partial charge on any atom is -0.323 e. The lowest BCUT2D eigenvalue weighted by Gasteiger charge is -2.19. The van der Waals surface area contributed by atoms with Gasteiger partial charge in [-0.15, -0.1) is 0 Å². The Morgan fingerprint density at radius 1 is 0.868 bits per heavy atom. The maximum Gasteiger partial charge on any atom is 0.153 e. The zero-order valence-electron chi connectivity index (χ0n) is 21.6. The van der Waals surface area contributed by atoms with Crippen LogP contribution in [-0.4, -0.2) is 25.3 Å². The molecule has 0 saturated heterocycles. The van der Waals surface area contributed by atoms with Crippen LogP contribution >= 0.6 is 0 Å². The Morgan fingerprint density at radius 3 is 2.29 bits per heavy atom. The van der Waals surface area contributed by atoms with Gasteiger partial charge in [-0.05, 0) is 68.1 Å². The molecule has 2 aromatic heterocycles. The molecule has 1 unspecified atom stereocenters. The lowest BCUT2D eigenvalue weighted by atomic mass is 9.88. The Morgan fingerprint density at radius 2 is 1.55 bits per heavy atom. The Hall–Kier alpha value is -4.26. The largest absolute Gasteiger partial charge is 0.323 e. The van der Waals surface area contributed by atoms with Gasteiger partial charge in [0.05, 0.1) is 35.3 Å². The van der Waals surface area contributed by atoms with Crippen molar-refractivity contribution in [3.05, 3.63) is 113 Å². The van der Waals surface area contributed by atoms with Gasteiger partial charge in [-0.25, -0.2) is 13.8 Å². The summed E-state index contributed by atoms with van der Waals surface area (Å²) in [5.74, 6) is -1.78. The van der Waals surface area contributed by atoms with Gasteiger partial charge in [0.25, 0.3) is 0 Å². The fourth-order valence-corrected chi connectivity index (χ4v) is 4.83. The summed E-state index contributed by atoms with van der Waals surface area (Å²) in [6.45, 7) is 6.20. The normalized spacial score (nSPS) is 12.1. The van der Waals surface area contributed by atoms with Crippen molar-refractivity contribution < 1.29 is 13.6 Å². The molecular weight excluding hydrogens is 482 g/mol. The number of rotatable bonds is 8. The zero-order valence-corrected chi connectivity index (χ0v) is 21.6. The Bertz CT molecular complexity index is 1610. The second kappa shape index (κ2) is 10.6. The van der Waals surface area contributed by atoms with E-state index in [1.54, 1.807) is 18.7 Å². The molecule has 0 bridgehead atoms. The van der Waals surface area contributed by atoms with Gasteiger partial charge in [-0.1, -0.05) is 29.8 Å². The van der Waals surface area contributed by atoms with Crippen molar-refractivity contribution in [1.82, 2.24) is 19.5 Å². The van der Waals surface area contributed by atoms with Crippen molar-refractivity contribution in [3.8, 4) is 11.3 Å². The number of aromatic nitrogens is 4. The molecule has 0 amide bonds. The number of fused-ring (bicyclic) bond motifs is 1. The Balaban J connectivity index is 1.49. The highest BCUT2D eigenvalue weighted by atomic mass is 19.1. The zero-order chi connectivity index (χ0) is 26.8. The topological polar surface area (TPSA) is 60.7 Å². The van der Waals surface area contributed by atoms with E-state index in [0.717, 1.165) is 39.4 Å². The highest BCUT2D eigenvalue weighted by molar-refractivity contribution is 5.83. The number of imidazole rings is 1. The number of aryl methyl sites for hydroxylation is 3. The maximum atomic E-state index is 14.0. The first-order chi connectivity index (χ1) is 18.3. The molecule has 192 valence electrons. The molecule has 3 aromatic carbocycles. The average molecular weight is 511 g/mol. The lowest BCUT2D eigenvalue weighted by molar-refractivity contribution is -0.120. The highest BCUT2D eigenvalue weighted by Gasteiger charge is 2.24. The van der Waals surface area contributed by atoms with E-state index in [9.17, 15) is 13.6 Å². The third kappa shape index (κ3) is 5.52. The fourth-order valence-electron chi connectivity index (χ4n) is 4.83. The van der Waals surface area contributed by atoms with Crippen LogP contribution in [0.25, 0.3) is 22.3 Å². The van der Waals surface area contributed by atoms with E-state index in [1.165, 1.54) is 12.1 Å². The molecule has 0 aliphatic rings. The smallest absolute Gasteiger partial charge is 0.153 e. The van der Waals surface area contributed by atoms with Crippen molar-refractivity contribution in [3.63, 3.8) is 0 Å². The molecule has 5 aromatic rings. The van der Waals surface area contributed by atoms with Crippen LogP contribution in [0.15, 0.2) is 73.3 Å². The summed E-state index contributed by atoms with van der Waals surface area (Å²) in [7, 11) is 0. The molecule has 0 radical (unpaired) electrons. The van der Waals surface area contributed by atoms with Crippen molar-refractivity contribution in [2.45, 2.75) is 46.1 Å². The Kier molecular flexibility index (Phi) is 7.09. The SMILES string of the molecule is Cc1ccc(-c2nccnc2C(CC(=O)Cn2cnc3cc(C)c(C)cc32)Cc2cc(F)cc(F)c2)cc1. The molecule has 0 fully saturated rings. The molecule has 5 nitrogen and oxygen atoms in total. The van der Waals surface area contributed by atoms with Gasteiger partial charge in [0.1, 0.15) is 11.6 Å². The predicted molar refractivity (Wildman–Crippen MR) is 144 cm³/mol. The van der Waals surface area contributed by atoms with Crippen LogP contribution < -0.4 is 0 Å². The second-order valence-electron chi connectivity index (χ2n) is 9.88. The highest BCUT2D eigenvalue weighted by Crippen LogP contribution is 2.32. The maximum absolute atomic E-state index is 14.0. The monoisotopic (exact) mass is 510 g/mol. The molecule has 1 atom stereocenters. The summed E-state index contributed by atoms with van der Waals surface area (Å²) in [5, 5.41) is 0. The fraction of sp³-hybridized carbons (Fsp3) is 0.226. The third-order valence-electron chi connectivity index (χ3n) is 6.90. The number of Topliss-reactive ketones (excluding diaryl/α,β-unsaturated/α-hetero) is 1. The van der Waals surface area contributed by atoms with E-state index in [1.807, 2.05) is 61.7 Å².